The maximum Gasteiger partial charge on any atom is 0.306 e. The zero-order valence-corrected chi connectivity index (χ0v) is 9.96. The lowest BCUT2D eigenvalue weighted by atomic mass is 10.2. The molecule has 0 radical (unpaired) electrons. The van der Waals surface area contributed by atoms with E-state index < -0.39 is 12.1 Å². The van der Waals surface area contributed by atoms with Crippen LogP contribution in [0.5, 0.6) is 5.75 Å². The first-order chi connectivity index (χ1) is 7.99. The number of carboxylic acid groups (broad SMARTS) is 1. The molecule has 0 aromatic heterocycles. The minimum atomic E-state index is -1.04. The summed E-state index contributed by atoms with van der Waals surface area (Å²) in [4.78, 5) is 12.3. The second-order valence-electron chi connectivity index (χ2n) is 3.95. The number of rotatable bonds is 6. The van der Waals surface area contributed by atoms with Crippen molar-refractivity contribution in [3.8, 4) is 5.75 Å². The van der Waals surface area contributed by atoms with Crippen molar-refractivity contribution in [2.75, 3.05) is 25.6 Å². The molecule has 1 rings (SSSR count). The van der Waals surface area contributed by atoms with Gasteiger partial charge in [-0.15, -0.1) is 0 Å². The Hall–Kier alpha value is -1.75. The van der Waals surface area contributed by atoms with Crippen LogP contribution in [-0.2, 0) is 4.79 Å². The van der Waals surface area contributed by atoms with Crippen molar-refractivity contribution < 1.29 is 19.7 Å². The summed E-state index contributed by atoms with van der Waals surface area (Å²) in [5.41, 5.74) is 0.982. The third-order valence-electron chi connectivity index (χ3n) is 2.19. The monoisotopic (exact) mass is 239 g/mol. The summed E-state index contributed by atoms with van der Waals surface area (Å²) < 4.78 is 5.32. The molecular weight excluding hydrogens is 222 g/mol. The van der Waals surface area contributed by atoms with Crippen LogP contribution in [0.25, 0.3) is 0 Å². The number of aliphatic hydroxyl groups excluding tert-OH is 1. The fraction of sp³-hybridized carbons (Fsp3) is 0.417. The summed E-state index contributed by atoms with van der Waals surface area (Å²) >= 11 is 0. The van der Waals surface area contributed by atoms with Crippen LogP contribution in [0.3, 0.4) is 0 Å². The lowest BCUT2D eigenvalue weighted by Gasteiger charge is -2.15. The molecule has 5 heteroatoms. The van der Waals surface area contributed by atoms with E-state index in [-0.39, 0.29) is 13.0 Å². The Kier molecular flexibility index (Phi) is 4.78. The van der Waals surface area contributed by atoms with E-state index in [0.29, 0.717) is 5.75 Å². The SMILES string of the molecule is CN(C)c1cccc(OCC(O)CC(=O)O)c1. The standard InChI is InChI=1S/C12H17NO4/c1-13(2)9-4-3-5-11(6-9)17-8-10(14)7-12(15)16/h3-6,10,14H,7-8H2,1-2H3,(H,15,16). The van der Waals surface area contributed by atoms with Crippen molar-refractivity contribution in [2.24, 2.45) is 0 Å². The van der Waals surface area contributed by atoms with Crippen molar-refractivity contribution in [1.82, 2.24) is 0 Å². The van der Waals surface area contributed by atoms with Gasteiger partial charge in [0, 0.05) is 25.8 Å². The van der Waals surface area contributed by atoms with Crippen molar-refractivity contribution in [1.29, 1.82) is 0 Å². The number of carbonyl (C=O) groups is 1. The number of nitrogens with zero attached hydrogens (tertiary/aromatic N) is 1. The second-order valence-corrected chi connectivity index (χ2v) is 3.95. The molecule has 0 aliphatic heterocycles. The van der Waals surface area contributed by atoms with Gasteiger partial charge in [0.15, 0.2) is 0 Å². The van der Waals surface area contributed by atoms with Crippen LogP contribution in [0.15, 0.2) is 24.3 Å². The molecule has 94 valence electrons. The summed E-state index contributed by atoms with van der Waals surface area (Å²) in [7, 11) is 3.83. The lowest BCUT2D eigenvalue weighted by Crippen LogP contribution is -2.21. The van der Waals surface area contributed by atoms with E-state index in [2.05, 4.69) is 0 Å². The Labute approximate surface area is 100 Å². The van der Waals surface area contributed by atoms with Gasteiger partial charge < -0.3 is 19.8 Å². The Morgan fingerprint density at radius 2 is 2.18 bits per heavy atom. The molecule has 1 unspecified atom stereocenters. The van der Waals surface area contributed by atoms with E-state index in [9.17, 15) is 9.90 Å². The van der Waals surface area contributed by atoms with Crippen LogP contribution in [0.4, 0.5) is 5.69 Å². The molecule has 1 aromatic carbocycles. The normalized spacial score (nSPS) is 11.9. The number of aliphatic carboxylic acids is 1. The third kappa shape index (κ3) is 4.74. The molecule has 1 atom stereocenters. The summed E-state index contributed by atoms with van der Waals surface area (Å²) in [5, 5.41) is 17.8. The van der Waals surface area contributed by atoms with Gasteiger partial charge in [0.25, 0.3) is 0 Å². The van der Waals surface area contributed by atoms with Crippen molar-refractivity contribution >= 4 is 11.7 Å². The van der Waals surface area contributed by atoms with E-state index in [4.69, 9.17) is 9.84 Å². The van der Waals surface area contributed by atoms with Crippen LogP contribution in [0.2, 0.25) is 0 Å². The Bertz CT molecular complexity index is 379. The van der Waals surface area contributed by atoms with Gasteiger partial charge in [0.2, 0.25) is 0 Å². The van der Waals surface area contributed by atoms with Crippen LogP contribution < -0.4 is 9.64 Å². The number of ether oxygens (including phenoxy) is 1. The second kappa shape index (κ2) is 6.10. The molecule has 2 N–H and O–H groups in total. The van der Waals surface area contributed by atoms with E-state index in [1.54, 1.807) is 6.07 Å². The lowest BCUT2D eigenvalue weighted by molar-refractivity contribution is -0.139. The highest BCUT2D eigenvalue weighted by atomic mass is 16.5. The van der Waals surface area contributed by atoms with E-state index in [0.717, 1.165) is 5.69 Å². The number of benzene rings is 1. The highest BCUT2D eigenvalue weighted by molar-refractivity contribution is 5.67. The molecule has 0 fully saturated rings. The number of hydrogen-bond acceptors (Lipinski definition) is 4. The number of carboxylic acids is 1. The summed E-state index contributed by atoms with van der Waals surface area (Å²) in [6.45, 7) is -0.0246. The molecule has 0 saturated heterocycles. The number of hydrogen-bond donors (Lipinski definition) is 2. The Balaban J connectivity index is 2.51. The van der Waals surface area contributed by atoms with E-state index in [1.165, 1.54) is 0 Å². The molecule has 0 heterocycles. The predicted molar refractivity (Wildman–Crippen MR) is 64.5 cm³/mol. The van der Waals surface area contributed by atoms with E-state index in [1.807, 2.05) is 37.2 Å². The van der Waals surface area contributed by atoms with Crippen LogP contribution >= 0.6 is 0 Å². The van der Waals surface area contributed by atoms with Crippen molar-refractivity contribution in [2.45, 2.75) is 12.5 Å². The third-order valence-corrected chi connectivity index (χ3v) is 2.19. The molecular formula is C12H17NO4. The predicted octanol–water partition coefficient (Wildman–Crippen LogP) is 0.967. The Morgan fingerprint density at radius 3 is 2.76 bits per heavy atom. The van der Waals surface area contributed by atoms with Gasteiger partial charge in [0.05, 0.1) is 12.5 Å². The first-order valence-electron chi connectivity index (χ1n) is 5.29. The molecule has 5 nitrogen and oxygen atoms in total. The minimum Gasteiger partial charge on any atom is -0.491 e. The maximum atomic E-state index is 10.3. The largest absolute Gasteiger partial charge is 0.491 e. The summed E-state index contributed by atoms with van der Waals surface area (Å²) in [5.74, 6) is -0.427. The minimum absolute atomic E-state index is 0.0246. The molecule has 0 bridgehead atoms. The van der Waals surface area contributed by atoms with Crippen LogP contribution in [0.1, 0.15) is 6.42 Å². The smallest absolute Gasteiger partial charge is 0.306 e. The maximum absolute atomic E-state index is 10.3. The fourth-order valence-corrected chi connectivity index (χ4v) is 1.30. The summed E-state index contributed by atoms with van der Waals surface area (Å²) in [6, 6.07) is 7.36. The molecule has 0 amide bonds. The molecule has 0 saturated carbocycles. The van der Waals surface area contributed by atoms with Gasteiger partial charge in [-0.1, -0.05) is 6.07 Å². The van der Waals surface area contributed by atoms with Gasteiger partial charge in [0.1, 0.15) is 12.4 Å². The first kappa shape index (κ1) is 13.3. The quantitative estimate of drug-likeness (QED) is 0.774. The topological polar surface area (TPSA) is 70.0 Å². The van der Waals surface area contributed by atoms with Gasteiger partial charge >= 0.3 is 5.97 Å². The van der Waals surface area contributed by atoms with Gasteiger partial charge in [-0.05, 0) is 12.1 Å². The molecule has 0 aliphatic carbocycles. The van der Waals surface area contributed by atoms with Gasteiger partial charge in [-0.2, -0.15) is 0 Å². The molecule has 0 spiro atoms. The van der Waals surface area contributed by atoms with Crippen molar-refractivity contribution in [3.63, 3.8) is 0 Å². The van der Waals surface area contributed by atoms with Crippen LogP contribution in [-0.4, -0.2) is 43.0 Å². The number of aliphatic hydroxyl groups is 1. The fourth-order valence-electron chi connectivity index (χ4n) is 1.30. The highest BCUT2D eigenvalue weighted by Crippen LogP contribution is 2.19. The first-order valence-corrected chi connectivity index (χ1v) is 5.29. The summed E-state index contributed by atoms with van der Waals surface area (Å²) in [6.07, 6.45) is -1.30. The zero-order chi connectivity index (χ0) is 12.8. The van der Waals surface area contributed by atoms with Gasteiger partial charge in [-0.3, -0.25) is 4.79 Å². The highest BCUT2D eigenvalue weighted by Gasteiger charge is 2.10. The van der Waals surface area contributed by atoms with E-state index >= 15 is 0 Å². The van der Waals surface area contributed by atoms with Gasteiger partial charge in [-0.25, -0.2) is 0 Å². The molecule has 1 aromatic rings. The number of anilines is 1. The Morgan fingerprint density at radius 1 is 1.47 bits per heavy atom. The molecule has 17 heavy (non-hydrogen) atoms. The zero-order valence-electron chi connectivity index (χ0n) is 9.96. The van der Waals surface area contributed by atoms with Crippen molar-refractivity contribution in [3.05, 3.63) is 24.3 Å². The molecule has 0 aliphatic rings. The van der Waals surface area contributed by atoms with Crippen LogP contribution in [0, 0.1) is 0 Å². The average Bonchev–Trinajstić information content (AvgIpc) is 2.26. The average molecular weight is 239 g/mol.